The highest BCUT2D eigenvalue weighted by atomic mass is 16.7. The quantitative estimate of drug-likeness (QED) is 0.635. The van der Waals surface area contributed by atoms with Gasteiger partial charge >= 0.3 is 0 Å². The average Bonchev–Trinajstić information content (AvgIpc) is 2.56. The van der Waals surface area contributed by atoms with Gasteiger partial charge in [-0.1, -0.05) is 6.42 Å². The molecule has 2 saturated heterocycles. The second-order valence-corrected chi connectivity index (χ2v) is 3.72. The van der Waals surface area contributed by atoms with Crippen molar-refractivity contribution in [3.05, 3.63) is 0 Å². The maximum Gasteiger partial charge on any atom is 0.172 e. The summed E-state index contributed by atoms with van der Waals surface area (Å²) in [7, 11) is 0. The Bertz CT molecular complexity index is 145. The lowest BCUT2D eigenvalue weighted by atomic mass is 9.99. The van der Waals surface area contributed by atoms with E-state index in [4.69, 9.17) is 9.47 Å². The van der Waals surface area contributed by atoms with E-state index in [2.05, 4.69) is 12.2 Å². The van der Waals surface area contributed by atoms with Crippen molar-refractivity contribution in [2.75, 3.05) is 13.2 Å². The van der Waals surface area contributed by atoms with Gasteiger partial charge in [0.2, 0.25) is 0 Å². The molecule has 0 radical (unpaired) electrons. The van der Waals surface area contributed by atoms with Crippen LogP contribution in [0.1, 0.15) is 26.2 Å². The molecule has 0 aromatic heterocycles. The third-order valence-electron chi connectivity index (χ3n) is 2.63. The van der Waals surface area contributed by atoms with E-state index in [0.29, 0.717) is 12.1 Å². The summed E-state index contributed by atoms with van der Waals surface area (Å²) in [6.07, 6.45) is 3.79. The zero-order valence-corrected chi connectivity index (χ0v) is 7.58. The molecule has 2 atom stereocenters. The molecule has 12 heavy (non-hydrogen) atoms. The number of piperidine rings is 1. The summed E-state index contributed by atoms with van der Waals surface area (Å²) in [5.74, 6) is 0. The van der Waals surface area contributed by atoms with E-state index in [1.54, 1.807) is 0 Å². The lowest BCUT2D eigenvalue weighted by Gasteiger charge is -2.31. The molecule has 2 unspecified atom stereocenters. The van der Waals surface area contributed by atoms with Crippen LogP contribution in [0.3, 0.4) is 0 Å². The van der Waals surface area contributed by atoms with Crippen molar-refractivity contribution >= 4 is 0 Å². The summed E-state index contributed by atoms with van der Waals surface area (Å²) >= 11 is 0. The Morgan fingerprint density at radius 3 is 2.58 bits per heavy atom. The van der Waals surface area contributed by atoms with Crippen molar-refractivity contribution in [2.24, 2.45) is 0 Å². The van der Waals surface area contributed by atoms with E-state index in [-0.39, 0.29) is 6.29 Å². The van der Waals surface area contributed by atoms with E-state index < -0.39 is 0 Å². The molecule has 2 aliphatic heterocycles. The molecule has 2 rings (SSSR count). The average molecular weight is 171 g/mol. The van der Waals surface area contributed by atoms with Crippen LogP contribution < -0.4 is 5.32 Å². The Balaban J connectivity index is 1.85. The van der Waals surface area contributed by atoms with E-state index >= 15 is 0 Å². The minimum Gasteiger partial charge on any atom is -0.349 e. The third-order valence-corrected chi connectivity index (χ3v) is 2.63. The molecule has 0 saturated carbocycles. The number of ether oxygens (including phenoxy) is 2. The molecule has 3 heteroatoms. The summed E-state index contributed by atoms with van der Waals surface area (Å²) in [4.78, 5) is 0. The van der Waals surface area contributed by atoms with Crippen molar-refractivity contribution in [3.8, 4) is 0 Å². The van der Waals surface area contributed by atoms with Crippen molar-refractivity contribution in [2.45, 2.75) is 44.6 Å². The molecule has 2 fully saturated rings. The van der Waals surface area contributed by atoms with Gasteiger partial charge in [-0.25, -0.2) is 0 Å². The van der Waals surface area contributed by atoms with Crippen LogP contribution in [-0.2, 0) is 9.47 Å². The Labute approximate surface area is 73.4 Å². The van der Waals surface area contributed by atoms with Gasteiger partial charge < -0.3 is 14.8 Å². The van der Waals surface area contributed by atoms with E-state index in [1.165, 1.54) is 19.3 Å². The highest BCUT2D eigenvalue weighted by Crippen LogP contribution is 2.19. The summed E-state index contributed by atoms with van der Waals surface area (Å²) in [5.41, 5.74) is 0. The first-order valence-electron chi connectivity index (χ1n) is 4.85. The van der Waals surface area contributed by atoms with Gasteiger partial charge in [-0.3, -0.25) is 0 Å². The number of hydrogen-bond acceptors (Lipinski definition) is 3. The fourth-order valence-electron chi connectivity index (χ4n) is 2.00. The summed E-state index contributed by atoms with van der Waals surface area (Å²) in [6, 6.07) is 1.05. The van der Waals surface area contributed by atoms with Gasteiger partial charge in [-0.05, 0) is 19.8 Å². The maximum atomic E-state index is 5.46. The summed E-state index contributed by atoms with van der Waals surface area (Å²) < 4.78 is 10.9. The topological polar surface area (TPSA) is 30.5 Å². The van der Waals surface area contributed by atoms with Crippen LogP contribution >= 0.6 is 0 Å². The van der Waals surface area contributed by atoms with Crippen LogP contribution in [-0.4, -0.2) is 31.6 Å². The molecule has 0 amide bonds. The third kappa shape index (κ3) is 1.79. The highest BCUT2D eigenvalue weighted by molar-refractivity contribution is 4.81. The van der Waals surface area contributed by atoms with Crippen LogP contribution in [0.25, 0.3) is 0 Å². The molecule has 70 valence electrons. The first-order chi connectivity index (χ1) is 5.86. The molecule has 2 heterocycles. The van der Waals surface area contributed by atoms with Crippen LogP contribution in [0.15, 0.2) is 0 Å². The fourth-order valence-corrected chi connectivity index (χ4v) is 2.00. The monoisotopic (exact) mass is 171 g/mol. The largest absolute Gasteiger partial charge is 0.349 e. The van der Waals surface area contributed by atoms with E-state index in [0.717, 1.165) is 13.2 Å². The van der Waals surface area contributed by atoms with Gasteiger partial charge in [0, 0.05) is 6.04 Å². The summed E-state index contributed by atoms with van der Waals surface area (Å²) in [5, 5.41) is 3.51. The van der Waals surface area contributed by atoms with Gasteiger partial charge in [-0.15, -0.1) is 0 Å². The van der Waals surface area contributed by atoms with Crippen molar-refractivity contribution in [3.63, 3.8) is 0 Å². The van der Waals surface area contributed by atoms with Gasteiger partial charge in [0.15, 0.2) is 6.29 Å². The number of hydrogen-bond donors (Lipinski definition) is 1. The lowest BCUT2D eigenvalue weighted by Crippen LogP contribution is -2.47. The molecule has 2 aliphatic rings. The number of nitrogens with one attached hydrogen (secondary N) is 1. The predicted octanol–water partition coefficient (Wildman–Crippen LogP) is 0.890. The molecule has 0 spiro atoms. The second-order valence-electron chi connectivity index (χ2n) is 3.72. The molecular weight excluding hydrogens is 154 g/mol. The Morgan fingerprint density at radius 2 is 1.92 bits per heavy atom. The first kappa shape index (κ1) is 8.48. The van der Waals surface area contributed by atoms with Crippen LogP contribution in [0.2, 0.25) is 0 Å². The minimum atomic E-state index is 0.0211. The standard InChI is InChI=1S/C9H17NO2/c1-7-3-2-4-8(10-7)9-11-5-6-12-9/h7-10H,2-6H2,1H3. The molecule has 0 aromatic rings. The van der Waals surface area contributed by atoms with E-state index in [9.17, 15) is 0 Å². The Kier molecular flexibility index (Phi) is 2.63. The maximum absolute atomic E-state index is 5.46. The summed E-state index contributed by atoms with van der Waals surface area (Å²) in [6.45, 7) is 3.75. The number of rotatable bonds is 1. The highest BCUT2D eigenvalue weighted by Gasteiger charge is 2.29. The predicted molar refractivity (Wildman–Crippen MR) is 45.9 cm³/mol. The van der Waals surface area contributed by atoms with Crippen LogP contribution in [0.5, 0.6) is 0 Å². The Hall–Kier alpha value is -0.120. The smallest absolute Gasteiger partial charge is 0.172 e. The van der Waals surface area contributed by atoms with Crippen molar-refractivity contribution < 1.29 is 9.47 Å². The lowest BCUT2D eigenvalue weighted by molar-refractivity contribution is -0.0755. The molecule has 0 aliphatic carbocycles. The van der Waals surface area contributed by atoms with E-state index in [1.807, 2.05) is 0 Å². The van der Waals surface area contributed by atoms with Gasteiger partial charge in [0.1, 0.15) is 0 Å². The minimum absolute atomic E-state index is 0.0211. The van der Waals surface area contributed by atoms with Crippen molar-refractivity contribution in [1.29, 1.82) is 0 Å². The van der Waals surface area contributed by atoms with Gasteiger partial charge in [-0.2, -0.15) is 0 Å². The molecule has 3 nitrogen and oxygen atoms in total. The second kappa shape index (κ2) is 3.73. The molecular formula is C9H17NO2. The van der Waals surface area contributed by atoms with Gasteiger partial charge in [0.25, 0.3) is 0 Å². The van der Waals surface area contributed by atoms with Crippen LogP contribution in [0, 0.1) is 0 Å². The normalized spacial score (nSPS) is 38.8. The molecule has 0 bridgehead atoms. The molecule has 1 N–H and O–H groups in total. The zero-order chi connectivity index (χ0) is 8.39. The van der Waals surface area contributed by atoms with Crippen molar-refractivity contribution in [1.82, 2.24) is 5.32 Å². The van der Waals surface area contributed by atoms with Crippen LogP contribution in [0.4, 0.5) is 0 Å². The van der Waals surface area contributed by atoms with Gasteiger partial charge in [0.05, 0.1) is 19.3 Å². The molecule has 0 aromatic carbocycles. The first-order valence-corrected chi connectivity index (χ1v) is 4.85. The Morgan fingerprint density at radius 1 is 1.17 bits per heavy atom. The SMILES string of the molecule is CC1CCCC(C2OCCO2)N1. The zero-order valence-electron chi connectivity index (χ0n) is 7.58. The fraction of sp³-hybridized carbons (Fsp3) is 1.00.